The van der Waals surface area contributed by atoms with Gasteiger partial charge < -0.3 is 4.98 Å². The molecule has 1 N–H and O–H groups in total. The number of aromatic nitrogens is 6. The number of thioether (sulfide) groups is 1. The summed E-state index contributed by atoms with van der Waals surface area (Å²) in [5.41, 5.74) is 0.856. The Labute approximate surface area is 122 Å². The first-order chi connectivity index (χ1) is 10.2. The Bertz CT molecular complexity index is 729. The first kappa shape index (κ1) is 13.9. The number of halogens is 2. The molecule has 0 bridgehead atoms. The molecule has 6 nitrogen and oxygen atoms in total. The van der Waals surface area contributed by atoms with Crippen LogP contribution in [0.15, 0.2) is 17.3 Å². The van der Waals surface area contributed by atoms with Crippen LogP contribution in [0.1, 0.15) is 19.2 Å². The summed E-state index contributed by atoms with van der Waals surface area (Å²) in [5.74, 6) is -0.538. The van der Waals surface area contributed by atoms with E-state index in [0.29, 0.717) is 21.9 Å². The van der Waals surface area contributed by atoms with Gasteiger partial charge in [0.2, 0.25) is 0 Å². The fourth-order valence-electron chi connectivity index (χ4n) is 1.89. The van der Waals surface area contributed by atoms with Crippen molar-refractivity contribution < 1.29 is 8.78 Å². The molecular weight excluding hydrogens is 298 g/mol. The van der Waals surface area contributed by atoms with E-state index in [1.54, 1.807) is 4.68 Å². The lowest BCUT2D eigenvalue weighted by Gasteiger charge is -2.00. The fourth-order valence-corrected chi connectivity index (χ4v) is 2.71. The standard InChI is InChI=1S/C12H12F2N6S/c1-2-3-20-11(17-18-19-20)6-21-12-15-9-4-7(13)8(14)5-10(9)16-12/h4-5H,2-3,6H2,1H3,(H,15,16). The number of H-pyrrole nitrogens is 1. The zero-order valence-electron chi connectivity index (χ0n) is 11.2. The number of hydrogen-bond donors (Lipinski definition) is 1. The van der Waals surface area contributed by atoms with Gasteiger partial charge in [-0.2, -0.15) is 0 Å². The highest BCUT2D eigenvalue weighted by Crippen LogP contribution is 2.23. The second-order valence-corrected chi connectivity index (χ2v) is 5.40. The van der Waals surface area contributed by atoms with Gasteiger partial charge in [0, 0.05) is 18.7 Å². The maximum absolute atomic E-state index is 13.1. The minimum Gasteiger partial charge on any atom is -0.333 e. The number of tetrazole rings is 1. The highest BCUT2D eigenvalue weighted by atomic mass is 32.2. The van der Waals surface area contributed by atoms with Gasteiger partial charge in [0.05, 0.1) is 16.8 Å². The highest BCUT2D eigenvalue weighted by molar-refractivity contribution is 7.98. The fraction of sp³-hybridized carbons (Fsp3) is 0.333. The average Bonchev–Trinajstić information content (AvgIpc) is 3.04. The molecule has 110 valence electrons. The number of aromatic amines is 1. The van der Waals surface area contributed by atoms with Gasteiger partial charge in [-0.25, -0.2) is 18.4 Å². The van der Waals surface area contributed by atoms with Crippen LogP contribution < -0.4 is 0 Å². The largest absolute Gasteiger partial charge is 0.333 e. The Morgan fingerprint density at radius 2 is 2.10 bits per heavy atom. The Morgan fingerprint density at radius 1 is 1.29 bits per heavy atom. The van der Waals surface area contributed by atoms with Gasteiger partial charge in [-0.1, -0.05) is 18.7 Å². The summed E-state index contributed by atoms with van der Waals surface area (Å²) < 4.78 is 28.0. The van der Waals surface area contributed by atoms with E-state index in [1.165, 1.54) is 11.8 Å². The molecule has 0 unspecified atom stereocenters. The molecule has 0 fully saturated rings. The summed E-state index contributed by atoms with van der Waals surface area (Å²) in [6, 6.07) is 2.18. The number of benzene rings is 1. The van der Waals surface area contributed by atoms with Crippen LogP contribution in [0.2, 0.25) is 0 Å². The molecule has 0 saturated carbocycles. The summed E-state index contributed by atoms with van der Waals surface area (Å²) >= 11 is 1.38. The third kappa shape index (κ3) is 2.87. The first-order valence-corrected chi connectivity index (χ1v) is 7.38. The molecule has 3 rings (SSSR count). The van der Waals surface area contributed by atoms with E-state index in [2.05, 4.69) is 25.5 Å². The zero-order valence-corrected chi connectivity index (χ0v) is 12.0. The quantitative estimate of drug-likeness (QED) is 0.733. The highest BCUT2D eigenvalue weighted by Gasteiger charge is 2.11. The van der Waals surface area contributed by atoms with E-state index >= 15 is 0 Å². The lowest BCUT2D eigenvalue weighted by atomic mass is 10.3. The van der Waals surface area contributed by atoms with Gasteiger partial charge in [0.1, 0.15) is 0 Å². The van der Waals surface area contributed by atoms with Crippen molar-refractivity contribution in [2.24, 2.45) is 0 Å². The molecule has 3 aromatic rings. The Balaban J connectivity index is 1.77. The third-order valence-electron chi connectivity index (χ3n) is 2.88. The number of imidazole rings is 1. The van der Waals surface area contributed by atoms with Crippen LogP contribution in [0.4, 0.5) is 8.78 Å². The summed E-state index contributed by atoms with van der Waals surface area (Å²) in [6.07, 6.45) is 0.936. The molecule has 0 spiro atoms. The van der Waals surface area contributed by atoms with Crippen LogP contribution in [0.3, 0.4) is 0 Å². The van der Waals surface area contributed by atoms with Crippen molar-refractivity contribution in [2.75, 3.05) is 0 Å². The van der Waals surface area contributed by atoms with E-state index < -0.39 is 11.6 Å². The van der Waals surface area contributed by atoms with E-state index in [9.17, 15) is 8.78 Å². The zero-order chi connectivity index (χ0) is 14.8. The van der Waals surface area contributed by atoms with E-state index in [1.807, 2.05) is 6.92 Å². The van der Waals surface area contributed by atoms with Crippen molar-refractivity contribution in [1.82, 2.24) is 30.2 Å². The first-order valence-electron chi connectivity index (χ1n) is 6.40. The van der Waals surface area contributed by atoms with Gasteiger partial charge in [0.15, 0.2) is 22.6 Å². The number of nitrogens with zero attached hydrogens (tertiary/aromatic N) is 5. The van der Waals surface area contributed by atoms with Crippen LogP contribution in [-0.4, -0.2) is 30.2 Å². The van der Waals surface area contributed by atoms with Gasteiger partial charge >= 0.3 is 0 Å². The average molecular weight is 310 g/mol. The van der Waals surface area contributed by atoms with Crippen LogP contribution >= 0.6 is 11.8 Å². The molecule has 0 aliphatic heterocycles. The molecular formula is C12H12F2N6S. The topological polar surface area (TPSA) is 72.3 Å². The Morgan fingerprint density at radius 3 is 2.90 bits per heavy atom. The predicted octanol–water partition coefficient (Wildman–Crippen LogP) is 2.53. The number of fused-ring (bicyclic) bond motifs is 1. The van der Waals surface area contributed by atoms with Crippen LogP contribution in [0, 0.1) is 11.6 Å². The molecule has 1 aromatic carbocycles. The van der Waals surface area contributed by atoms with Crippen molar-refractivity contribution in [1.29, 1.82) is 0 Å². The van der Waals surface area contributed by atoms with Gasteiger partial charge in [-0.05, 0) is 16.8 Å². The molecule has 0 aliphatic rings. The van der Waals surface area contributed by atoms with E-state index in [-0.39, 0.29) is 0 Å². The minimum atomic E-state index is -0.905. The molecule has 0 saturated heterocycles. The molecule has 0 atom stereocenters. The van der Waals surface area contributed by atoms with Crippen LogP contribution in [-0.2, 0) is 12.3 Å². The van der Waals surface area contributed by atoms with Crippen molar-refractivity contribution in [3.8, 4) is 0 Å². The van der Waals surface area contributed by atoms with Crippen LogP contribution in [0.25, 0.3) is 11.0 Å². The summed E-state index contributed by atoms with van der Waals surface area (Å²) in [4.78, 5) is 7.16. The minimum absolute atomic E-state index is 0.393. The lowest BCUT2D eigenvalue weighted by Crippen LogP contribution is -2.04. The molecule has 21 heavy (non-hydrogen) atoms. The molecule has 0 aliphatic carbocycles. The van der Waals surface area contributed by atoms with Crippen molar-refractivity contribution in [2.45, 2.75) is 30.8 Å². The molecule has 2 aromatic heterocycles. The lowest BCUT2D eigenvalue weighted by molar-refractivity contribution is 0.510. The summed E-state index contributed by atoms with van der Waals surface area (Å²) in [5, 5.41) is 12.1. The van der Waals surface area contributed by atoms with E-state index in [0.717, 1.165) is 30.9 Å². The Hall–Kier alpha value is -2.03. The van der Waals surface area contributed by atoms with E-state index in [4.69, 9.17) is 0 Å². The SMILES string of the molecule is CCCn1nnnc1CSc1nc2cc(F)c(F)cc2[nH]1. The van der Waals surface area contributed by atoms with Crippen molar-refractivity contribution in [3.63, 3.8) is 0 Å². The second kappa shape index (κ2) is 5.76. The van der Waals surface area contributed by atoms with Crippen molar-refractivity contribution in [3.05, 3.63) is 29.6 Å². The number of nitrogens with one attached hydrogen (secondary N) is 1. The third-order valence-corrected chi connectivity index (χ3v) is 3.75. The van der Waals surface area contributed by atoms with Crippen LogP contribution in [0.5, 0.6) is 0 Å². The van der Waals surface area contributed by atoms with Gasteiger partial charge in [-0.15, -0.1) is 5.10 Å². The molecule has 9 heteroatoms. The Kier molecular flexibility index (Phi) is 3.82. The summed E-state index contributed by atoms with van der Waals surface area (Å²) in [7, 11) is 0. The normalized spacial score (nSPS) is 11.4. The predicted molar refractivity (Wildman–Crippen MR) is 73.7 cm³/mol. The number of aryl methyl sites for hydroxylation is 1. The smallest absolute Gasteiger partial charge is 0.166 e. The van der Waals surface area contributed by atoms with Gasteiger partial charge in [-0.3, -0.25) is 0 Å². The number of rotatable bonds is 5. The van der Waals surface area contributed by atoms with Crippen molar-refractivity contribution >= 4 is 22.8 Å². The maximum Gasteiger partial charge on any atom is 0.166 e. The molecule has 2 heterocycles. The molecule has 0 amide bonds. The number of hydrogen-bond acceptors (Lipinski definition) is 5. The van der Waals surface area contributed by atoms with Gasteiger partial charge in [0.25, 0.3) is 0 Å². The summed E-state index contributed by atoms with van der Waals surface area (Å²) in [6.45, 7) is 2.79. The molecule has 0 radical (unpaired) electrons. The monoisotopic (exact) mass is 310 g/mol. The maximum atomic E-state index is 13.1. The second-order valence-electron chi connectivity index (χ2n) is 4.43.